The minimum Gasteiger partial charge on any atom is -0.265 e. The van der Waals surface area contributed by atoms with Crippen LogP contribution in [-0.2, 0) is 0 Å². The van der Waals surface area contributed by atoms with Gasteiger partial charge < -0.3 is 0 Å². The molecule has 3 heterocycles. The fourth-order valence-electron chi connectivity index (χ4n) is 2.43. The second-order valence-corrected chi connectivity index (χ2v) is 5.03. The maximum absolute atomic E-state index is 13.2. The van der Waals surface area contributed by atoms with E-state index < -0.39 is 0 Å². The molecule has 0 spiro atoms. The van der Waals surface area contributed by atoms with Gasteiger partial charge in [0.15, 0.2) is 0 Å². The van der Waals surface area contributed by atoms with Crippen LogP contribution in [0.15, 0.2) is 67.3 Å². The standard InChI is InChI=1S/C18H11FN4/c19-14-3-1-12(2-4-14)17-18(13-5-8-20-9-6-13)23-16-11-21-10-7-15(16)22-17/h1-11H. The minimum absolute atomic E-state index is 0.280. The first-order valence-electron chi connectivity index (χ1n) is 7.09. The first-order chi connectivity index (χ1) is 11.3. The van der Waals surface area contributed by atoms with E-state index >= 15 is 0 Å². The fraction of sp³-hybridized carbons (Fsp3) is 0. The van der Waals surface area contributed by atoms with Crippen molar-refractivity contribution in [2.24, 2.45) is 0 Å². The number of fused-ring (bicyclic) bond motifs is 1. The van der Waals surface area contributed by atoms with Crippen molar-refractivity contribution in [3.63, 3.8) is 0 Å². The van der Waals surface area contributed by atoms with Gasteiger partial charge in [0.1, 0.15) is 11.3 Å². The number of benzene rings is 1. The fourth-order valence-corrected chi connectivity index (χ4v) is 2.43. The van der Waals surface area contributed by atoms with Crippen LogP contribution in [0.2, 0.25) is 0 Å². The summed E-state index contributed by atoms with van der Waals surface area (Å²) >= 11 is 0. The second-order valence-electron chi connectivity index (χ2n) is 5.03. The molecule has 0 saturated heterocycles. The summed E-state index contributed by atoms with van der Waals surface area (Å²) < 4.78 is 13.2. The number of nitrogens with zero attached hydrogens (tertiary/aromatic N) is 4. The van der Waals surface area contributed by atoms with Crippen molar-refractivity contribution < 1.29 is 4.39 Å². The number of aromatic nitrogens is 4. The Kier molecular flexibility index (Phi) is 3.24. The molecule has 0 N–H and O–H groups in total. The van der Waals surface area contributed by atoms with Crippen molar-refractivity contribution in [1.29, 1.82) is 0 Å². The summed E-state index contributed by atoms with van der Waals surface area (Å²) in [5.41, 5.74) is 4.60. The molecule has 0 unspecified atom stereocenters. The van der Waals surface area contributed by atoms with Gasteiger partial charge in [0, 0.05) is 29.7 Å². The Bertz CT molecular complexity index is 969. The van der Waals surface area contributed by atoms with E-state index in [-0.39, 0.29) is 5.82 Å². The zero-order valence-corrected chi connectivity index (χ0v) is 12.0. The normalized spacial score (nSPS) is 10.8. The Balaban J connectivity index is 2.02. The van der Waals surface area contributed by atoms with Crippen LogP contribution in [0.5, 0.6) is 0 Å². The molecule has 0 aliphatic rings. The molecular formula is C18H11FN4. The van der Waals surface area contributed by atoms with Gasteiger partial charge in [-0.15, -0.1) is 0 Å². The summed E-state index contributed by atoms with van der Waals surface area (Å²) in [6, 6.07) is 11.8. The van der Waals surface area contributed by atoms with Crippen molar-refractivity contribution >= 4 is 11.0 Å². The number of halogens is 1. The van der Waals surface area contributed by atoms with E-state index in [2.05, 4.69) is 9.97 Å². The molecule has 110 valence electrons. The van der Waals surface area contributed by atoms with Crippen LogP contribution in [0.1, 0.15) is 0 Å². The number of hydrogen-bond acceptors (Lipinski definition) is 4. The van der Waals surface area contributed by atoms with Gasteiger partial charge >= 0.3 is 0 Å². The quantitative estimate of drug-likeness (QED) is 0.563. The highest BCUT2D eigenvalue weighted by atomic mass is 19.1. The topological polar surface area (TPSA) is 51.6 Å². The minimum atomic E-state index is -0.280. The van der Waals surface area contributed by atoms with Crippen LogP contribution in [0.3, 0.4) is 0 Å². The lowest BCUT2D eigenvalue weighted by Crippen LogP contribution is -1.96. The Morgan fingerprint density at radius 3 is 1.96 bits per heavy atom. The Hall–Kier alpha value is -3.21. The molecule has 23 heavy (non-hydrogen) atoms. The van der Waals surface area contributed by atoms with E-state index in [0.29, 0.717) is 11.2 Å². The van der Waals surface area contributed by atoms with E-state index in [1.807, 2.05) is 18.2 Å². The first-order valence-corrected chi connectivity index (χ1v) is 7.09. The molecule has 4 rings (SSSR count). The molecule has 3 aromatic heterocycles. The third-order valence-corrected chi connectivity index (χ3v) is 3.54. The largest absolute Gasteiger partial charge is 0.265 e. The van der Waals surface area contributed by atoms with E-state index in [9.17, 15) is 4.39 Å². The van der Waals surface area contributed by atoms with Crippen molar-refractivity contribution in [1.82, 2.24) is 19.9 Å². The Labute approximate surface area is 131 Å². The van der Waals surface area contributed by atoms with Gasteiger partial charge in [-0.2, -0.15) is 0 Å². The predicted molar refractivity (Wildman–Crippen MR) is 86.0 cm³/mol. The van der Waals surface area contributed by atoms with Gasteiger partial charge in [-0.25, -0.2) is 14.4 Å². The van der Waals surface area contributed by atoms with Gasteiger partial charge in [0.05, 0.1) is 23.1 Å². The van der Waals surface area contributed by atoms with Crippen LogP contribution in [0.4, 0.5) is 4.39 Å². The van der Waals surface area contributed by atoms with Crippen molar-refractivity contribution in [2.45, 2.75) is 0 Å². The highest BCUT2D eigenvalue weighted by molar-refractivity contribution is 5.85. The lowest BCUT2D eigenvalue weighted by Gasteiger charge is -2.10. The SMILES string of the molecule is Fc1ccc(-c2nc3ccncc3nc2-c2ccncc2)cc1. The van der Waals surface area contributed by atoms with Crippen molar-refractivity contribution in [3.8, 4) is 22.5 Å². The summed E-state index contributed by atoms with van der Waals surface area (Å²) in [6.07, 6.45) is 6.77. The summed E-state index contributed by atoms with van der Waals surface area (Å²) in [6.45, 7) is 0. The van der Waals surface area contributed by atoms with Gasteiger partial charge in [-0.05, 0) is 42.5 Å². The molecule has 0 saturated carbocycles. The van der Waals surface area contributed by atoms with E-state index in [4.69, 9.17) is 9.97 Å². The van der Waals surface area contributed by atoms with Crippen molar-refractivity contribution in [2.75, 3.05) is 0 Å². The molecule has 4 aromatic rings. The first kappa shape index (κ1) is 13.5. The Morgan fingerprint density at radius 1 is 0.609 bits per heavy atom. The maximum Gasteiger partial charge on any atom is 0.123 e. The molecule has 0 aliphatic carbocycles. The van der Waals surface area contributed by atoms with Gasteiger partial charge in [-0.3, -0.25) is 9.97 Å². The van der Waals surface area contributed by atoms with E-state index in [0.717, 1.165) is 22.3 Å². The average Bonchev–Trinajstić information content (AvgIpc) is 2.62. The number of pyridine rings is 2. The van der Waals surface area contributed by atoms with E-state index in [1.165, 1.54) is 12.1 Å². The summed E-state index contributed by atoms with van der Waals surface area (Å²) in [7, 11) is 0. The zero-order valence-electron chi connectivity index (χ0n) is 12.0. The summed E-state index contributed by atoms with van der Waals surface area (Å²) in [5.74, 6) is -0.280. The molecule has 0 bridgehead atoms. The molecule has 0 fully saturated rings. The molecule has 0 aliphatic heterocycles. The lowest BCUT2D eigenvalue weighted by atomic mass is 10.0. The third kappa shape index (κ3) is 2.53. The lowest BCUT2D eigenvalue weighted by molar-refractivity contribution is 0.628. The van der Waals surface area contributed by atoms with E-state index in [1.54, 1.807) is 36.9 Å². The smallest absolute Gasteiger partial charge is 0.123 e. The zero-order chi connectivity index (χ0) is 15.6. The molecule has 0 amide bonds. The number of rotatable bonds is 2. The molecule has 0 radical (unpaired) electrons. The maximum atomic E-state index is 13.2. The molecule has 4 nitrogen and oxygen atoms in total. The van der Waals surface area contributed by atoms with Gasteiger partial charge in [-0.1, -0.05) is 0 Å². The van der Waals surface area contributed by atoms with Gasteiger partial charge in [0.2, 0.25) is 0 Å². The third-order valence-electron chi connectivity index (χ3n) is 3.54. The molecule has 5 heteroatoms. The van der Waals surface area contributed by atoms with Crippen molar-refractivity contribution in [3.05, 3.63) is 73.1 Å². The average molecular weight is 302 g/mol. The summed E-state index contributed by atoms with van der Waals surface area (Å²) in [5, 5.41) is 0. The van der Waals surface area contributed by atoms with Gasteiger partial charge in [0.25, 0.3) is 0 Å². The Morgan fingerprint density at radius 2 is 1.22 bits per heavy atom. The monoisotopic (exact) mass is 302 g/mol. The van der Waals surface area contributed by atoms with Crippen LogP contribution < -0.4 is 0 Å². The molecular weight excluding hydrogens is 291 g/mol. The van der Waals surface area contributed by atoms with Crippen LogP contribution >= 0.6 is 0 Å². The number of hydrogen-bond donors (Lipinski definition) is 0. The highest BCUT2D eigenvalue weighted by Crippen LogP contribution is 2.30. The van der Waals surface area contributed by atoms with Crippen LogP contribution in [0, 0.1) is 5.82 Å². The molecule has 1 aromatic carbocycles. The highest BCUT2D eigenvalue weighted by Gasteiger charge is 2.13. The summed E-state index contributed by atoms with van der Waals surface area (Å²) in [4.78, 5) is 17.5. The van der Waals surface area contributed by atoms with Crippen LogP contribution in [-0.4, -0.2) is 19.9 Å². The predicted octanol–water partition coefficient (Wildman–Crippen LogP) is 3.89. The van der Waals surface area contributed by atoms with Crippen LogP contribution in [0.25, 0.3) is 33.5 Å². The second kappa shape index (κ2) is 5.53. The molecule has 0 atom stereocenters.